The van der Waals surface area contributed by atoms with Crippen molar-refractivity contribution in [3.05, 3.63) is 75.8 Å². The lowest BCUT2D eigenvalue weighted by molar-refractivity contribution is 0.0528. The molecule has 0 spiro atoms. The van der Waals surface area contributed by atoms with Crippen molar-refractivity contribution >= 4 is 51.4 Å². The van der Waals surface area contributed by atoms with E-state index in [0.717, 1.165) is 10.4 Å². The van der Waals surface area contributed by atoms with E-state index in [2.05, 4.69) is 5.32 Å². The first-order chi connectivity index (χ1) is 13.0. The third-order valence-electron chi connectivity index (χ3n) is 3.69. The predicted octanol–water partition coefficient (Wildman–Crippen LogP) is 6.15. The van der Waals surface area contributed by atoms with Gasteiger partial charge in [-0.15, -0.1) is 11.3 Å². The second-order valence-electron chi connectivity index (χ2n) is 5.52. The van der Waals surface area contributed by atoms with E-state index >= 15 is 0 Å². The quantitative estimate of drug-likeness (QED) is 0.504. The third-order valence-corrected chi connectivity index (χ3v) is 5.53. The van der Waals surface area contributed by atoms with Crippen molar-refractivity contribution in [2.24, 2.45) is 0 Å². The second kappa shape index (κ2) is 8.57. The lowest BCUT2D eigenvalue weighted by Crippen LogP contribution is -2.14. The van der Waals surface area contributed by atoms with Gasteiger partial charge in [0.1, 0.15) is 5.00 Å². The van der Waals surface area contributed by atoms with Crippen LogP contribution in [0.1, 0.15) is 27.6 Å². The van der Waals surface area contributed by atoms with Crippen molar-refractivity contribution < 1.29 is 14.3 Å². The van der Waals surface area contributed by atoms with E-state index in [0.29, 0.717) is 21.2 Å². The van der Waals surface area contributed by atoms with Gasteiger partial charge in [-0.1, -0.05) is 53.5 Å². The number of halogens is 2. The van der Waals surface area contributed by atoms with Crippen molar-refractivity contribution in [3.8, 4) is 10.4 Å². The fourth-order valence-electron chi connectivity index (χ4n) is 2.40. The minimum Gasteiger partial charge on any atom is -0.462 e. The number of benzene rings is 2. The summed E-state index contributed by atoms with van der Waals surface area (Å²) in [6.45, 7) is 1.98. The molecule has 0 radical (unpaired) electrons. The van der Waals surface area contributed by atoms with Crippen molar-refractivity contribution in [3.63, 3.8) is 0 Å². The van der Waals surface area contributed by atoms with Gasteiger partial charge in [-0.2, -0.15) is 0 Å². The number of hydrogen-bond donors (Lipinski definition) is 1. The van der Waals surface area contributed by atoms with Crippen molar-refractivity contribution in [1.29, 1.82) is 0 Å². The maximum atomic E-state index is 12.6. The van der Waals surface area contributed by atoms with Crippen LogP contribution in [0.25, 0.3) is 10.4 Å². The summed E-state index contributed by atoms with van der Waals surface area (Å²) in [6.07, 6.45) is 0. The van der Waals surface area contributed by atoms with Crippen molar-refractivity contribution in [1.82, 2.24) is 0 Å². The van der Waals surface area contributed by atoms with Gasteiger partial charge < -0.3 is 10.1 Å². The monoisotopic (exact) mass is 419 g/mol. The summed E-state index contributed by atoms with van der Waals surface area (Å²) in [4.78, 5) is 25.8. The van der Waals surface area contributed by atoms with Crippen LogP contribution in [0.15, 0.2) is 54.6 Å². The van der Waals surface area contributed by atoms with E-state index in [-0.39, 0.29) is 17.5 Å². The van der Waals surface area contributed by atoms with Crippen molar-refractivity contribution in [2.45, 2.75) is 6.92 Å². The van der Waals surface area contributed by atoms with Crippen LogP contribution in [0.5, 0.6) is 0 Å². The molecule has 0 aliphatic heterocycles. The number of rotatable bonds is 5. The summed E-state index contributed by atoms with van der Waals surface area (Å²) >= 11 is 13.2. The zero-order valence-electron chi connectivity index (χ0n) is 14.3. The van der Waals surface area contributed by atoms with E-state index in [1.165, 1.54) is 17.4 Å². The van der Waals surface area contributed by atoms with Gasteiger partial charge in [0.2, 0.25) is 0 Å². The number of carbonyl (C=O) groups is 2. The van der Waals surface area contributed by atoms with E-state index < -0.39 is 5.97 Å². The normalized spacial score (nSPS) is 10.5. The summed E-state index contributed by atoms with van der Waals surface area (Å²) in [5, 5.41) is 3.85. The molecule has 1 aromatic heterocycles. The first kappa shape index (κ1) is 19.4. The van der Waals surface area contributed by atoms with E-state index in [1.807, 2.05) is 30.3 Å². The molecule has 1 amide bonds. The Morgan fingerprint density at radius 3 is 2.44 bits per heavy atom. The minimum atomic E-state index is -0.486. The van der Waals surface area contributed by atoms with Crippen LogP contribution in [0.4, 0.5) is 5.00 Å². The first-order valence-corrected chi connectivity index (χ1v) is 9.69. The molecule has 3 aromatic rings. The standard InChI is InChI=1S/C20H15Cl2NO3S/c1-2-26-20(25)14-11-17(12-6-4-3-5-7-12)27-19(14)23-18(24)13-8-9-15(21)16(22)10-13/h3-11H,2H2,1H3,(H,23,24). The fraction of sp³-hybridized carbons (Fsp3) is 0.100. The summed E-state index contributed by atoms with van der Waals surface area (Å²) < 4.78 is 5.12. The fourth-order valence-corrected chi connectivity index (χ4v) is 3.75. The maximum absolute atomic E-state index is 12.6. The molecule has 4 nitrogen and oxygen atoms in total. The predicted molar refractivity (Wildman–Crippen MR) is 110 cm³/mol. The zero-order chi connectivity index (χ0) is 19.4. The molecular formula is C20H15Cl2NO3S. The highest BCUT2D eigenvalue weighted by atomic mass is 35.5. The van der Waals surface area contributed by atoms with Gasteiger partial charge in [-0.3, -0.25) is 4.79 Å². The zero-order valence-corrected chi connectivity index (χ0v) is 16.6. The van der Waals surface area contributed by atoms with E-state index in [9.17, 15) is 9.59 Å². The Bertz CT molecular complexity index is 986. The Morgan fingerprint density at radius 2 is 1.78 bits per heavy atom. The van der Waals surface area contributed by atoms with Gasteiger partial charge >= 0.3 is 5.97 Å². The van der Waals surface area contributed by atoms with Gasteiger partial charge in [0, 0.05) is 10.4 Å². The van der Waals surface area contributed by atoms with Crippen LogP contribution >= 0.6 is 34.5 Å². The molecule has 0 fully saturated rings. The lowest BCUT2D eigenvalue weighted by atomic mass is 10.1. The summed E-state index contributed by atoms with van der Waals surface area (Å²) in [5.74, 6) is -0.874. The SMILES string of the molecule is CCOC(=O)c1cc(-c2ccccc2)sc1NC(=O)c1ccc(Cl)c(Cl)c1. The summed E-state index contributed by atoms with van der Waals surface area (Å²) in [7, 11) is 0. The largest absolute Gasteiger partial charge is 0.462 e. The molecule has 0 aliphatic rings. The highest BCUT2D eigenvalue weighted by Crippen LogP contribution is 2.36. The Labute approximate surface area is 170 Å². The number of carbonyl (C=O) groups excluding carboxylic acids is 2. The van der Waals surface area contributed by atoms with Crippen LogP contribution in [-0.4, -0.2) is 18.5 Å². The molecule has 7 heteroatoms. The summed E-state index contributed by atoms with van der Waals surface area (Å²) in [6, 6.07) is 15.9. The number of ether oxygens (including phenoxy) is 1. The lowest BCUT2D eigenvalue weighted by Gasteiger charge is -2.07. The smallest absolute Gasteiger partial charge is 0.341 e. The van der Waals surface area contributed by atoms with Gasteiger partial charge in [-0.25, -0.2) is 4.79 Å². The Morgan fingerprint density at radius 1 is 1.04 bits per heavy atom. The number of esters is 1. The van der Waals surface area contributed by atoms with E-state index in [1.54, 1.807) is 25.1 Å². The van der Waals surface area contributed by atoms with Gasteiger partial charge in [0.05, 0.1) is 22.2 Å². The Kier molecular flexibility index (Phi) is 6.16. The average molecular weight is 420 g/mol. The molecular weight excluding hydrogens is 405 g/mol. The number of hydrogen-bond acceptors (Lipinski definition) is 4. The molecule has 0 saturated heterocycles. The molecule has 0 unspecified atom stereocenters. The summed E-state index contributed by atoms with van der Waals surface area (Å²) in [5.41, 5.74) is 1.60. The molecule has 27 heavy (non-hydrogen) atoms. The molecule has 1 N–H and O–H groups in total. The van der Waals surface area contributed by atoms with Crippen LogP contribution in [-0.2, 0) is 4.74 Å². The van der Waals surface area contributed by atoms with Crippen molar-refractivity contribution in [2.75, 3.05) is 11.9 Å². The molecule has 1 heterocycles. The first-order valence-electron chi connectivity index (χ1n) is 8.12. The average Bonchev–Trinajstić information content (AvgIpc) is 3.09. The molecule has 0 atom stereocenters. The van der Waals surface area contributed by atoms with Crippen LogP contribution in [0.2, 0.25) is 10.0 Å². The topological polar surface area (TPSA) is 55.4 Å². The molecule has 138 valence electrons. The number of amides is 1. The molecule has 0 bridgehead atoms. The number of thiophene rings is 1. The number of nitrogens with one attached hydrogen (secondary N) is 1. The minimum absolute atomic E-state index is 0.246. The van der Waals surface area contributed by atoms with Gasteiger partial charge in [0.25, 0.3) is 5.91 Å². The van der Waals surface area contributed by atoms with Gasteiger partial charge in [0.15, 0.2) is 0 Å². The Hall–Kier alpha value is -2.34. The number of anilines is 1. The molecule has 0 saturated carbocycles. The molecule has 3 rings (SSSR count). The third kappa shape index (κ3) is 4.50. The van der Waals surface area contributed by atoms with E-state index in [4.69, 9.17) is 27.9 Å². The van der Waals surface area contributed by atoms with Gasteiger partial charge in [-0.05, 0) is 36.8 Å². The van der Waals surface area contributed by atoms with Crippen LogP contribution < -0.4 is 5.32 Å². The second-order valence-corrected chi connectivity index (χ2v) is 7.39. The highest BCUT2D eigenvalue weighted by molar-refractivity contribution is 7.20. The molecule has 0 aliphatic carbocycles. The van der Waals surface area contributed by atoms with Crippen LogP contribution in [0, 0.1) is 0 Å². The Balaban J connectivity index is 1.95. The van der Waals surface area contributed by atoms with Crippen LogP contribution in [0.3, 0.4) is 0 Å². The maximum Gasteiger partial charge on any atom is 0.341 e. The highest BCUT2D eigenvalue weighted by Gasteiger charge is 2.20. The molecule has 2 aromatic carbocycles.